The first-order valence-electron chi connectivity index (χ1n) is 6.33. The maximum absolute atomic E-state index is 13.7. The molecule has 0 atom stereocenters. The molecule has 0 aromatic heterocycles. The second kappa shape index (κ2) is 7.28. The molecule has 0 radical (unpaired) electrons. The fourth-order valence-electron chi connectivity index (χ4n) is 1.98. The highest BCUT2D eigenvalue weighted by Gasteiger charge is 2.10. The normalized spacial score (nSPS) is 10.6. The fourth-order valence-corrected chi connectivity index (χ4v) is 1.98. The Morgan fingerprint density at radius 1 is 1.29 bits per heavy atom. The van der Waals surface area contributed by atoms with Crippen molar-refractivity contribution in [1.29, 1.82) is 0 Å². The van der Waals surface area contributed by atoms with Gasteiger partial charge in [0.2, 0.25) is 0 Å². The average molecular weight is 238 g/mol. The van der Waals surface area contributed by atoms with Gasteiger partial charge in [-0.25, -0.2) is 4.39 Å². The Kier molecular flexibility index (Phi) is 5.98. The van der Waals surface area contributed by atoms with E-state index in [0.29, 0.717) is 6.54 Å². The number of nitrogens with zero attached hydrogens (tertiary/aromatic N) is 1. The van der Waals surface area contributed by atoms with Gasteiger partial charge in [0.05, 0.1) is 0 Å². The van der Waals surface area contributed by atoms with Gasteiger partial charge in [0.1, 0.15) is 5.82 Å². The van der Waals surface area contributed by atoms with E-state index >= 15 is 0 Å². The lowest BCUT2D eigenvalue weighted by atomic mass is 10.1. The van der Waals surface area contributed by atoms with E-state index in [0.717, 1.165) is 24.2 Å². The summed E-state index contributed by atoms with van der Waals surface area (Å²) in [7, 11) is 3.87. The Balaban J connectivity index is 2.77. The van der Waals surface area contributed by atoms with E-state index in [9.17, 15) is 4.39 Å². The minimum Gasteiger partial charge on any atom is -0.374 e. The van der Waals surface area contributed by atoms with Crippen molar-refractivity contribution in [2.24, 2.45) is 0 Å². The van der Waals surface area contributed by atoms with Crippen molar-refractivity contribution in [3.05, 3.63) is 29.6 Å². The topological polar surface area (TPSA) is 15.3 Å². The van der Waals surface area contributed by atoms with Crippen LogP contribution in [0, 0.1) is 5.82 Å². The van der Waals surface area contributed by atoms with Crippen LogP contribution in [0.25, 0.3) is 0 Å². The number of nitrogens with one attached hydrogen (secondary N) is 1. The van der Waals surface area contributed by atoms with E-state index in [1.165, 1.54) is 18.9 Å². The van der Waals surface area contributed by atoms with Gasteiger partial charge >= 0.3 is 0 Å². The number of hydrogen-bond donors (Lipinski definition) is 1. The molecular formula is C14H23FN2. The monoisotopic (exact) mass is 238 g/mol. The lowest BCUT2D eigenvalue weighted by Gasteiger charge is -2.22. The molecule has 0 amide bonds. The Hall–Kier alpha value is -1.09. The Bertz CT molecular complexity index is 339. The van der Waals surface area contributed by atoms with E-state index in [1.807, 2.05) is 20.2 Å². The molecule has 0 spiro atoms. The van der Waals surface area contributed by atoms with E-state index < -0.39 is 0 Å². The molecule has 0 aliphatic heterocycles. The zero-order valence-electron chi connectivity index (χ0n) is 11.1. The summed E-state index contributed by atoms with van der Waals surface area (Å²) in [4.78, 5) is 2.14. The predicted octanol–water partition coefficient (Wildman–Crippen LogP) is 3.17. The molecule has 96 valence electrons. The van der Waals surface area contributed by atoms with Gasteiger partial charge in [-0.2, -0.15) is 0 Å². The van der Waals surface area contributed by atoms with Gasteiger partial charge in [-0.1, -0.05) is 25.8 Å². The molecule has 0 bridgehead atoms. The summed E-state index contributed by atoms with van der Waals surface area (Å²) in [6.07, 6.45) is 3.59. The number of hydrogen-bond acceptors (Lipinski definition) is 2. The third-order valence-electron chi connectivity index (χ3n) is 2.96. The summed E-state index contributed by atoms with van der Waals surface area (Å²) in [5, 5.41) is 3.02. The second-order valence-electron chi connectivity index (χ2n) is 4.40. The minimum atomic E-state index is -0.126. The van der Waals surface area contributed by atoms with Crippen LogP contribution >= 0.6 is 0 Å². The lowest BCUT2D eigenvalue weighted by molar-refractivity contribution is 0.598. The molecule has 3 heteroatoms. The second-order valence-corrected chi connectivity index (χ2v) is 4.40. The predicted molar refractivity (Wildman–Crippen MR) is 72.0 cm³/mol. The Morgan fingerprint density at radius 2 is 2.06 bits per heavy atom. The number of anilines is 1. The van der Waals surface area contributed by atoms with Gasteiger partial charge in [-0.15, -0.1) is 0 Å². The molecule has 0 unspecified atom stereocenters. The zero-order chi connectivity index (χ0) is 12.7. The molecule has 1 aromatic rings. The quantitative estimate of drug-likeness (QED) is 0.734. The number of rotatable bonds is 7. The first kappa shape index (κ1) is 14.0. The van der Waals surface area contributed by atoms with Crippen molar-refractivity contribution in [3.63, 3.8) is 0 Å². The molecule has 17 heavy (non-hydrogen) atoms. The number of benzene rings is 1. The van der Waals surface area contributed by atoms with E-state index in [1.54, 1.807) is 6.07 Å². The number of halogens is 1. The first-order chi connectivity index (χ1) is 8.20. The van der Waals surface area contributed by atoms with Gasteiger partial charge in [-0.3, -0.25) is 0 Å². The Labute approximate surface area is 104 Å². The van der Waals surface area contributed by atoms with Crippen molar-refractivity contribution in [2.45, 2.75) is 32.7 Å². The third-order valence-corrected chi connectivity index (χ3v) is 2.96. The molecule has 0 saturated heterocycles. The summed E-state index contributed by atoms with van der Waals surface area (Å²) < 4.78 is 13.7. The van der Waals surface area contributed by atoms with Crippen LogP contribution in [0.3, 0.4) is 0 Å². The molecule has 0 aliphatic rings. The van der Waals surface area contributed by atoms with Crippen LogP contribution in [-0.4, -0.2) is 20.6 Å². The lowest BCUT2D eigenvalue weighted by Crippen LogP contribution is -2.22. The SMILES string of the molecule is CCCCCN(C)c1cccc(F)c1CNC. The van der Waals surface area contributed by atoms with Crippen LogP contribution in [0.15, 0.2) is 18.2 Å². The first-order valence-corrected chi connectivity index (χ1v) is 6.33. The van der Waals surface area contributed by atoms with Crippen LogP contribution in [0.2, 0.25) is 0 Å². The highest BCUT2D eigenvalue weighted by atomic mass is 19.1. The maximum atomic E-state index is 13.7. The molecule has 0 saturated carbocycles. The highest BCUT2D eigenvalue weighted by molar-refractivity contribution is 5.53. The van der Waals surface area contributed by atoms with Crippen LogP contribution in [0.1, 0.15) is 31.7 Å². The smallest absolute Gasteiger partial charge is 0.129 e. The summed E-state index contributed by atoms with van der Waals surface area (Å²) >= 11 is 0. The molecule has 0 aliphatic carbocycles. The molecule has 0 fully saturated rings. The number of unbranched alkanes of at least 4 members (excludes halogenated alkanes) is 2. The van der Waals surface area contributed by atoms with E-state index in [2.05, 4.69) is 17.1 Å². The van der Waals surface area contributed by atoms with Crippen LogP contribution in [0.4, 0.5) is 10.1 Å². The van der Waals surface area contributed by atoms with Gasteiger partial charge in [0.25, 0.3) is 0 Å². The maximum Gasteiger partial charge on any atom is 0.129 e. The summed E-state index contributed by atoms with van der Waals surface area (Å²) in [5.74, 6) is -0.126. The molecule has 0 heterocycles. The summed E-state index contributed by atoms with van der Waals surface area (Å²) in [5.41, 5.74) is 1.75. The van der Waals surface area contributed by atoms with Crippen molar-refractivity contribution in [3.8, 4) is 0 Å². The van der Waals surface area contributed by atoms with Crippen LogP contribution < -0.4 is 10.2 Å². The van der Waals surface area contributed by atoms with Crippen molar-refractivity contribution >= 4 is 5.69 Å². The summed E-state index contributed by atoms with van der Waals surface area (Å²) in [6, 6.07) is 5.29. The van der Waals surface area contributed by atoms with Gasteiger partial charge in [-0.05, 0) is 25.6 Å². The standard InChI is InChI=1S/C14H23FN2/c1-4-5-6-10-17(3)14-9-7-8-13(15)12(14)11-16-2/h7-9,16H,4-6,10-11H2,1-3H3. The highest BCUT2D eigenvalue weighted by Crippen LogP contribution is 2.22. The molecule has 2 nitrogen and oxygen atoms in total. The molecule has 1 aromatic carbocycles. The average Bonchev–Trinajstić information content (AvgIpc) is 2.32. The molecule has 1 rings (SSSR count). The van der Waals surface area contributed by atoms with Gasteiger partial charge < -0.3 is 10.2 Å². The fraction of sp³-hybridized carbons (Fsp3) is 0.571. The van der Waals surface area contributed by atoms with Gasteiger partial charge in [0, 0.05) is 31.4 Å². The largest absolute Gasteiger partial charge is 0.374 e. The molecular weight excluding hydrogens is 215 g/mol. The Morgan fingerprint density at radius 3 is 2.71 bits per heavy atom. The minimum absolute atomic E-state index is 0.126. The zero-order valence-corrected chi connectivity index (χ0v) is 11.1. The van der Waals surface area contributed by atoms with Crippen molar-refractivity contribution in [1.82, 2.24) is 5.32 Å². The third kappa shape index (κ3) is 4.00. The van der Waals surface area contributed by atoms with E-state index in [4.69, 9.17) is 0 Å². The van der Waals surface area contributed by atoms with Gasteiger partial charge in [0.15, 0.2) is 0 Å². The van der Waals surface area contributed by atoms with Crippen molar-refractivity contribution in [2.75, 3.05) is 25.5 Å². The van der Waals surface area contributed by atoms with Crippen LogP contribution in [-0.2, 0) is 6.54 Å². The van der Waals surface area contributed by atoms with E-state index in [-0.39, 0.29) is 5.82 Å². The van der Waals surface area contributed by atoms with Crippen LogP contribution in [0.5, 0.6) is 0 Å². The summed E-state index contributed by atoms with van der Waals surface area (Å²) in [6.45, 7) is 3.74. The molecule has 1 N–H and O–H groups in total. The van der Waals surface area contributed by atoms with Crippen molar-refractivity contribution < 1.29 is 4.39 Å².